The van der Waals surface area contributed by atoms with Crippen LogP contribution in [0, 0.1) is 11.3 Å². The first-order valence-electron chi connectivity index (χ1n) is 5.72. The highest BCUT2D eigenvalue weighted by atomic mass is 35.5. The van der Waals surface area contributed by atoms with Crippen molar-refractivity contribution in [2.24, 2.45) is 11.3 Å². The van der Waals surface area contributed by atoms with Crippen molar-refractivity contribution < 1.29 is 14.7 Å². The maximum Gasteiger partial charge on any atom is 0.316 e. The molecule has 4 nitrogen and oxygen atoms in total. The standard InChI is InChI=1S/C13H14Cl3NO3/c1-13(2,3)10(12(19)20)11(18)17-9-5-7(15)6(14)4-8(9)16/h4-5,10H,1-3H3,(H,17,18)(H,19,20). The van der Waals surface area contributed by atoms with Crippen molar-refractivity contribution in [3.8, 4) is 0 Å². The van der Waals surface area contributed by atoms with Crippen molar-refractivity contribution in [1.29, 1.82) is 0 Å². The first-order valence-corrected chi connectivity index (χ1v) is 6.85. The summed E-state index contributed by atoms with van der Waals surface area (Å²) < 4.78 is 0. The summed E-state index contributed by atoms with van der Waals surface area (Å²) in [5, 5.41) is 12.3. The molecule has 7 heteroatoms. The zero-order chi connectivity index (χ0) is 15.7. The van der Waals surface area contributed by atoms with Gasteiger partial charge in [0.2, 0.25) is 5.91 Å². The Morgan fingerprint density at radius 3 is 2.05 bits per heavy atom. The van der Waals surface area contributed by atoms with Crippen LogP contribution >= 0.6 is 34.8 Å². The number of nitrogens with one attached hydrogen (secondary N) is 1. The van der Waals surface area contributed by atoms with E-state index >= 15 is 0 Å². The number of carbonyl (C=O) groups excluding carboxylic acids is 1. The summed E-state index contributed by atoms with van der Waals surface area (Å²) in [4.78, 5) is 23.4. The van der Waals surface area contributed by atoms with Crippen LogP contribution in [0.1, 0.15) is 20.8 Å². The molecule has 1 aromatic rings. The van der Waals surface area contributed by atoms with Crippen molar-refractivity contribution in [2.75, 3.05) is 5.32 Å². The number of hydrogen-bond donors (Lipinski definition) is 2. The van der Waals surface area contributed by atoms with Gasteiger partial charge in [-0.1, -0.05) is 55.6 Å². The van der Waals surface area contributed by atoms with E-state index in [1.165, 1.54) is 12.1 Å². The molecule has 0 aliphatic heterocycles. The van der Waals surface area contributed by atoms with Crippen LogP contribution in [0.5, 0.6) is 0 Å². The highest BCUT2D eigenvalue weighted by Gasteiger charge is 2.37. The Labute approximate surface area is 132 Å². The maximum atomic E-state index is 12.1. The molecule has 20 heavy (non-hydrogen) atoms. The lowest BCUT2D eigenvalue weighted by Gasteiger charge is -2.26. The van der Waals surface area contributed by atoms with E-state index in [2.05, 4.69) is 5.32 Å². The average Bonchev–Trinajstić information content (AvgIpc) is 2.22. The molecule has 1 atom stereocenters. The summed E-state index contributed by atoms with van der Waals surface area (Å²) in [7, 11) is 0. The van der Waals surface area contributed by atoms with Gasteiger partial charge in [0, 0.05) is 0 Å². The van der Waals surface area contributed by atoms with Gasteiger partial charge >= 0.3 is 5.97 Å². The molecule has 1 aromatic carbocycles. The average molecular weight is 339 g/mol. The molecule has 0 heterocycles. The lowest BCUT2D eigenvalue weighted by atomic mass is 9.80. The summed E-state index contributed by atoms with van der Waals surface area (Å²) >= 11 is 17.6. The Morgan fingerprint density at radius 2 is 1.60 bits per heavy atom. The van der Waals surface area contributed by atoms with Crippen molar-refractivity contribution >= 4 is 52.4 Å². The Kier molecular flexibility index (Phi) is 5.30. The summed E-state index contributed by atoms with van der Waals surface area (Å²) in [6.07, 6.45) is 0. The molecule has 110 valence electrons. The van der Waals surface area contributed by atoms with Gasteiger partial charge in [-0.15, -0.1) is 0 Å². The zero-order valence-corrected chi connectivity index (χ0v) is 13.4. The van der Waals surface area contributed by atoms with Crippen LogP contribution in [0.25, 0.3) is 0 Å². The topological polar surface area (TPSA) is 66.4 Å². The molecule has 0 saturated carbocycles. The van der Waals surface area contributed by atoms with E-state index < -0.39 is 23.2 Å². The van der Waals surface area contributed by atoms with E-state index in [-0.39, 0.29) is 20.8 Å². The molecule has 0 aliphatic carbocycles. The van der Waals surface area contributed by atoms with E-state index in [4.69, 9.17) is 34.8 Å². The van der Waals surface area contributed by atoms with Crippen LogP contribution in [0.15, 0.2) is 12.1 Å². The third-order valence-electron chi connectivity index (χ3n) is 2.64. The van der Waals surface area contributed by atoms with E-state index in [9.17, 15) is 14.7 Å². The minimum Gasteiger partial charge on any atom is -0.481 e. The van der Waals surface area contributed by atoms with Crippen LogP contribution < -0.4 is 5.32 Å². The summed E-state index contributed by atoms with van der Waals surface area (Å²) in [5.74, 6) is -3.08. The normalized spacial score (nSPS) is 12.9. The molecular weight excluding hydrogens is 325 g/mol. The quantitative estimate of drug-likeness (QED) is 0.636. The van der Waals surface area contributed by atoms with Crippen LogP contribution in [0.4, 0.5) is 5.69 Å². The number of amides is 1. The first-order chi connectivity index (χ1) is 9.04. The molecule has 0 radical (unpaired) electrons. The van der Waals surface area contributed by atoms with Crippen molar-refractivity contribution in [3.63, 3.8) is 0 Å². The number of aliphatic carboxylic acids is 1. The second-order valence-electron chi connectivity index (χ2n) is 5.37. The summed E-state index contributed by atoms with van der Waals surface area (Å²) in [6, 6.07) is 2.76. The van der Waals surface area contributed by atoms with Crippen LogP contribution in [-0.4, -0.2) is 17.0 Å². The van der Waals surface area contributed by atoms with Crippen LogP contribution in [0.2, 0.25) is 15.1 Å². The Bertz CT molecular complexity index is 553. The van der Waals surface area contributed by atoms with Gasteiger partial charge in [0.15, 0.2) is 0 Å². The monoisotopic (exact) mass is 337 g/mol. The van der Waals surface area contributed by atoms with E-state index in [0.29, 0.717) is 0 Å². The fraction of sp³-hybridized carbons (Fsp3) is 0.385. The molecule has 0 saturated heterocycles. The highest BCUT2D eigenvalue weighted by molar-refractivity contribution is 6.44. The molecule has 1 amide bonds. The fourth-order valence-corrected chi connectivity index (χ4v) is 2.29. The number of halogens is 3. The van der Waals surface area contributed by atoms with Crippen molar-refractivity contribution in [2.45, 2.75) is 20.8 Å². The molecule has 1 unspecified atom stereocenters. The number of carboxylic acid groups (broad SMARTS) is 1. The second kappa shape index (κ2) is 6.20. The molecule has 0 bridgehead atoms. The van der Waals surface area contributed by atoms with Gasteiger partial charge in [0.1, 0.15) is 5.92 Å². The van der Waals surface area contributed by atoms with Crippen molar-refractivity contribution in [3.05, 3.63) is 27.2 Å². The molecule has 0 aromatic heterocycles. The van der Waals surface area contributed by atoms with E-state index in [0.717, 1.165) is 0 Å². The number of carboxylic acids is 1. The smallest absolute Gasteiger partial charge is 0.316 e. The lowest BCUT2D eigenvalue weighted by Crippen LogP contribution is -2.39. The predicted molar refractivity (Wildman–Crippen MR) is 80.7 cm³/mol. The van der Waals surface area contributed by atoms with Gasteiger partial charge < -0.3 is 10.4 Å². The van der Waals surface area contributed by atoms with Gasteiger partial charge in [-0.3, -0.25) is 9.59 Å². The molecule has 2 N–H and O–H groups in total. The minimum atomic E-state index is -1.21. The van der Waals surface area contributed by atoms with E-state index in [1.807, 2.05) is 0 Å². The maximum absolute atomic E-state index is 12.1. The van der Waals surface area contributed by atoms with Crippen molar-refractivity contribution in [1.82, 2.24) is 0 Å². The number of benzene rings is 1. The minimum absolute atomic E-state index is 0.186. The lowest BCUT2D eigenvalue weighted by molar-refractivity contribution is -0.149. The Balaban J connectivity index is 3.06. The molecule has 0 aliphatic rings. The molecular formula is C13H14Cl3NO3. The predicted octanol–water partition coefficient (Wildman–Crippen LogP) is 4.33. The van der Waals surface area contributed by atoms with Gasteiger partial charge in [0.05, 0.1) is 20.8 Å². The summed E-state index contributed by atoms with van der Waals surface area (Å²) in [5.41, 5.74) is -0.514. The number of anilines is 1. The molecule has 0 spiro atoms. The largest absolute Gasteiger partial charge is 0.481 e. The number of rotatable bonds is 3. The Morgan fingerprint density at radius 1 is 1.10 bits per heavy atom. The number of carbonyl (C=O) groups is 2. The van der Waals surface area contributed by atoms with Gasteiger partial charge in [-0.05, 0) is 17.5 Å². The van der Waals surface area contributed by atoms with E-state index in [1.54, 1.807) is 20.8 Å². The van der Waals surface area contributed by atoms with Gasteiger partial charge in [-0.2, -0.15) is 0 Å². The third kappa shape index (κ3) is 4.01. The van der Waals surface area contributed by atoms with Gasteiger partial charge in [0.25, 0.3) is 0 Å². The molecule has 0 fully saturated rings. The first kappa shape index (κ1) is 17.1. The van der Waals surface area contributed by atoms with Gasteiger partial charge in [-0.25, -0.2) is 0 Å². The zero-order valence-electron chi connectivity index (χ0n) is 11.1. The summed E-state index contributed by atoms with van der Waals surface area (Å²) in [6.45, 7) is 5.01. The van der Waals surface area contributed by atoms with Crippen LogP contribution in [-0.2, 0) is 9.59 Å². The fourth-order valence-electron chi connectivity index (χ4n) is 1.70. The second-order valence-corrected chi connectivity index (χ2v) is 6.59. The SMILES string of the molecule is CC(C)(C)C(C(=O)O)C(=O)Nc1cc(Cl)c(Cl)cc1Cl. The number of hydrogen-bond acceptors (Lipinski definition) is 2. The highest BCUT2D eigenvalue weighted by Crippen LogP contribution is 2.34. The third-order valence-corrected chi connectivity index (χ3v) is 3.68. The Hall–Kier alpha value is -0.970. The van der Waals surface area contributed by atoms with Crippen LogP contribution in [0.3, 0.4) is 0 Å². The molecule has 1 rings (SSSR count).